The van der Waals surface area contributed by atoms with Crippen LogP contribution in [0.15, 0.2) is 53.1 Å². The predicted octanol–water partition coefficient (Wildman–Crippen LogP) is 4.99. The van der Waals surface area contributed by atoms with E-state index in [1.807, 2.05) is 18.2 Å². The smallest absolute Gasteiger partial charge is 0.406 e. The maximum atomic E-state index is 12.3. The zero-order chi connectivity index (χ0) is 22.0. The Kier molecular flexibility index (Phi) is 5.68. The van der Waals surface area contributed by atoms with Gasteiger partial charge in [-0.05, 0) is 51.3 Å². The van der Waals surface area contributed by atoms with Crippen LogP contribution in [0, 0.1) is 0 Å². The Balaban J connectivity index is 1.41. The van der Waals surface area contributed by atoms with E-state index in [0.717, 1.165) is 22.5 Å². The molecule has 31 heavy (non-hydrogen) atoms. The molecule has 2 heterocycles. The molecule has 160 valence electrons. The highest BCUT2D eigenvalue weighted by atomic mass is 79.9. The molecule has 3 aromatic rings. The lowest BCUT2D eigenvalue weighted by Gasteiger charge is -2.12. The number of aromatic nitrogens is 2. The van der Waals surface area contributed by atoms with E-state index in [4.69, 9.17) is 0 Å². The molecule has 0 atom stereocenters. The van der Waals surface area contributed by atoms with Crippen molar-refractivity contribution in [1.29, 1.82) is 0 Å². The van der Waals surface area contributed by atoms with E-state index in [0.29, 0.717) is 29.2 Å². The van der Waals surface area contributed by atoms with E-state index in [-0.39, 0.29) is 11.7 Å². The second-order valence-electron chi connectivity index (χ2n) is 6.66. The number of nitrogens with one attached hydrogen (secondary N) is 3. The van der Waals surface area contributed by atoms with E-state index in [1.165, 1.54) is 24.3 Å². The third-order valence-electron chi connectivity index (χ3n) is 4.35. The van der Waals surface area contributed by atoms with Crippen molar-refractivity contribution in [1.82, 2.24) is 9.97 Å². The molecule has 1 aliphatic heterocycles. The minimum Gasteiger partial charge on any atom is -0.406 e. The summed E-state index contributed by atoms with van der Waals surface area (Å²) in [6.07, 6.45) is -2.78. The number of amides is 1. The van der Waals surface area contributed by atoms with Crippen LogP contribution in [0.2, 0.25) is 0 Å². The summed E-state index contributed by atoms with van der Waals surface area (Å²) in [7, 11) is 0. The van der Waals surface area contributed by atoms with Crippen LogP contribution in [0.5, 0.6) is 5.75 Å². The molecular formula is C20H15BrF3N5O2. The number of halogens is 4. The third kappa shape index (κ3) is 5.43. The summed E-state index contributed by atoms with van der Waals surface area (Å²) in [4.78, 5) is 20.1. The highest BCUT2D eigenvalue weighted by Gasteiger charge is 2.30. The molecule has 0 fully saturated rings. The summed E-state index contributed by atoms with van der Waals surface area (Å²) in [5, 5.41) is 8.99. The molecule has 7 nitrogen and oxygen atoms in total. The van der Waals surface area contributed by atoms with Gasteiger partial charge in [-0.15, -0.1) is 13.2 Å². The van der Waals surface area contributed by atoms with Crippen molar-refractivity contribution in [2.45, 2.75) is 19.3 Å². The molecule has 0 radical (unpaired) electrons. The first-order chi connectivity index (χ1) is 14.7. The fourth-order valence-electron chi connectivity index (χ4n) is 2.97. The molecule has 4 rings (SSSR count). The van der Waals surface area contributed by atoms with Gasteiger partial charge in [-0.3, -0.25) is 4.79 Å². The van der Waals surface area contributed by atoms with Gasteiger partial charge in [-0.25, -0.2) is 4.98 Å². The van der Waals surface area contributed by atoms with Gasteiger partial charge in [0.05, 0.1) is 10.9 Å². The molecule has 2 aromatic carbocycles. The summed E-state index contributed by atoms with van der Waals surface area (Å²) in [6.45, 7) is 0.326. The van der Waals surface area contributed by atoms with Crippen molar-refractivity contribution in [3.63, 3.8) is 0 Å². The van der Waals surface area contributed by atoms with Crippen molar-refractivity contribution in [2.75, 3.05) is 16.0 Å². The number of carbonyl (C=O) groups is 1. The number of hydrogen-bond donors (Lipinski definition) is 3. The molecule has 11 heteroatoms. The summed E-state index contributed by atoms with van der Waals surface area (Å²) in [6, 6.07) is 11.1. The van der Waals surface area contributed by atoms with Crippen LogP contribution >= 0.6 is 15.9 Å². The molecule has 0 bridgehead atoms. The van der Waals surface area contributed by atoms with Gasteiger partial charge < -0.3 is 20.7 Å². The Morgan fingerprint density at radius 2 is 1.94 bits per heavy atom. The van der Waals surface area contributed by atoms with Crippen molar-refractivity contribution in [3.05, 3.63) is 64.3 Å². The molecule has 1 aromatic heterocycles. The highest BCUT2D eigenvalue weighted by molar-refractivity contribution is 9.10. The van der Waals surface area contributed by atoms with E-state index in [9.17, 15) is 18.0 Å². The van der Waals surface area contributed by atoms with Gasteiger partial charge in [-0.2, -0.15) is 4.98 Å². The van der Waals surface area contributed by atoms with Crippen LogP contribution < -0.4 is 20.7 Å². The minimum absolute atomic E-state index is 0.0449. The standard InChI is InChI=1S/C20H15BrF3N5O2/c21-15-10-26-19(27-13-4-3-12-7-17(30)28-16(12)8-13)29-18(15)25-9-11-1-5-14(6-2-11)31-20(22,23)24/h1-6,8,10H,7,9H2,(H,28,30)(H2,25,26,27,29). The number of alkyl halides is 3. The second kappa shape index (κ2) is 8.42. The first-order valence-electron chi connectivity index (χ1n) is 9.06. The lowest BCUT2D eigenvalue weighted by Crippen LogP contribution is -2.17. The van der Waals surface area contributed by atoms with Crippen molar-refractivity contribution in [2.24, 2.45) is 0 Å². The molecule has 0 saturated carbocycles. The van der Waals surface area contributed by atoms with E-state index >= 15 is 0 Å². The molecule has 0 aliphatic carbocycles. The normalized spacial score (nSPS) is 12.8. The minimum atomic E-state index is -4.72. The Hall–Kier alpha value is -3.34. The molecule has 3 N–H and O–H groups in total. The molecular weight excluding hydrogens is 479 g/mol. The number of fused-ring (bicyclic) bond motifs is 1. The average Bonchev–Trinajstić information content (AvgIpc) is 3.07. The monoisotopic (exact) mass is 493 g/mol. The van der Waals surface area contributed by atoms with Crippen LogP contribution in [0.3, 0.4) is 0 Å². The van der Waals surface area contributed by atoms with Crippen molar-refractivity contribution >= 4 is 45.0 Å². The van der Waals surface area contributed by atoms with Crippen LogP contribution in [0.25, 0.3) is 0 Å². The number of anilines is 4. The topological polar surface area (TPSA) is 88.2 Å². The lowest BCUT2D eigenvalue weighted by molar-refractivity contribution is -0.274. The fourth-order valence-corrected chi connectivity index (χ4v) is 3.30. The largest absolute Gasteiger partial charge is 0.573 e. The zero-order valence-electron chi connectivity index (χ0n) is 15.8. The van der Waals surface area contributed by atoms with Crippen LogP contribution in [-0.4, -0.2) is 22.2 Å². The third-order valence-corrected chi connectivity index (χ3v) is 4.93. The number of ether oxygens (including phenoxy) is 1. The zero-order valence-corrected chi connectivity index (χ0v) is 17.3. The Bertz CT molecular complexity index is 1120. The SMILES string of the molecule is O=C1Cc2ccc(Nc3ncc(Br)c(NCc4ccc(OC(F)(F)F)cc4)n3)cc2N1. The first-order valence-corrected chi connectivity index (χ1v) is 9.85. The maximum absolute atomic E-state index is 12.3. The number of rotatable bonds is 6. The number of benzene rings is 2. The van der Waals surface area contributed by atoms with Gasteiger partial charge in [0.1, 0.15) is 11.6 Å². The summed E-state index contributed by atoms with van der Waals surface area (Å²) in [5.41, 5.74) is 3.14. The molecule has 0 unspecified atom stereocenters. The van der Waals surface area contributed by atoms with Gasteiger partial charge >= 0.3 is 6.36 Å². The number of carbonyl (C=O) groups excluding carboxylic acids is 1. The average molecular weight is 494 g/mol. The first kappa shape index (κ1) is 20.9. The van der Waals surface area contributed by atoms with Gasteiger partial charge in [0.2, 0.25) is 11.9 Å². The maximum Gasteiger partial charge on any atom is 0.573 e. The van der Waals surface area contributed by atoms with Gasteiger partial charge in [0, 0.05) is 24.1 Å². The van der Waals surface area contributed by atoms with Gasteiger partial charge in [0.15, 0.2) is 0 Å². The molecule has 0 spiro atoms. The Morgan fingerprint density at radius 3 is 2.68 bits per heavy atom. The predicted molar refractivity (Wildman–Crippen MR) is 112 cm³/mol. The van der Waals surface area contributed by atoms with E-state index in [1.54, 1.807) is 6.20 Å². The highest BCUT2D eigenvalue weighted by Crippen LogP contribution is 2.29. The summed E-state index contributed by atoms with van der Waals surface area (Å²) >= 11 is 3.37. The van der Waals surface area contributed by atoms with Crippen LogP contribution in [0.4, 0.5) is 36.3 Å². The molecule has 0 saturated heterocycles. The molecule has 1 amide bonds. The molecule has 1 aliphatic rings. The quantitative estimate of drug-likeness (QED) is 0.448. The lowest BCUT2D eigenvalue weighted by atomic mass is 10.1. The fraction of sp³-hybridized carbons (Fsp3) is 0.150. The van der Waals surface area contributed by atoms with Gasteiger partial charge in [-0.1, -0.05) is 18.2 Å². The van der Waals surface area contributed by atoms with Gasteiger partial charge in [0.25, 0.3) is 0 Å². The Labute approximate surface area is 183 Å². The summed E-state index contributed by atoms with van der Waals surface area (Å²) < 4.78 is 41.2. The number of hydrogen-bond acceptors (Lipinski definition) is 6. The van der Waals surface area contributed by atoms with Crippen LogP contribution in [0.1, 0.15) is 11.1 Å². The van der Waals surface area contributed by atoms with Crippen LogP contribution in [-0.2, 0) is 17.8 Å². The van der Waals surface area contributed by atoms with E-state index < -0.39 is 6.36 Å². The van der Waals surface area contributed by atoms with Crippen molar-refractivity contribution in [3.8, 4) is 5.75 Å². The summed E-state index contributed by atoms with van der Waals surface area (Å²) in [5.74, 6) is 0.513. The number of nitrogens with zero attached hydrogens (tertiary/aromatic N) is 2. The van der Waals surface area contributed by atoms with E-state index in [2.05, 4.69) is 46.6 Å². The second-order valence-corrected chi connectivity index (χ2v) is 7.51. The van der Waals surface area contributed by atoms with Crippen molar-refractivity contribution < 1.29 is 22.7 Å². The Morgan fingerprint density at radius 1 is 1.16 bits per heavy atom.